The van der Waals surface area contributed by atoms with Crippen molar-refractivity contribution in [3.05, 3.63) is 44.8 Å². The highest BCUT2D eigenvalue weighted by molar-refractivity contribution is 7.12. The van der Waals surface area contributed by atoms with Crippen LogP contribution in [-0.4, -0.2) is 57.9 Å². The molecule has 4 heterocycles. The lowest BCUT2D eigenvalue weighted by Gasteiger charge is -2.22. The summed E-state index contributed by atoms with van der Waals surface area (Å²) in [5, 5.41) is 9.65. The molecular formula is C17H14N4O4S2. The molecule has 2 aromatic rings. The number of carbonyl (C=O) groups excluding carboxylic acids is 4. The standard InChI is InChI=1S/C17H14N4O4S2/c1-19-15(23)16(24)20(17(19)25)9-14(22)21-11(13-5-3-7-27-13)8-10(18-21)12-4-2-6-26-12/h2-7,11H,8-9H2,1H3/t11-/m1/s1. The van der Waals surface area contributed by atoms with Gasteiger partial charge >= 0.3 is 17.8 Å². The third kappa shape index (κ3) is 2.96. The summed E-state index contributed by atoms with van der Waals surface area (Å²) < 4.78 is 0. The van der Waals surface area contributed by atoms with Crippen molar-refractivity contribution < 1.29 is 19.2 Å². The Kier molecular flexibility index (Phi) is 4.36. The van der Waals surface area contributed by atoms with E-state index < -0.39 is 30.3 Å². The Balaban J connectivity index is 1.60. The molecule has 0 aromatic carbocycles. The summed E-state index contributed by atoms with van der Waals surface area (Å²) in [4.78, 5) is 51.8. The van der Waals surface area contributed by atoms with E-state index >= 15 is 0 Å². The second-order valence-corrected chi connectivity index (χ2v) is 7.96. The van der Waals surface area contributed by atoms with Crippen LogP contribution < -0.4 is 0 Å². The van der Waals surface area contributed by atoms with Crippen LogP contribution in [0.2, 0.25) is 0 Å². The van der Waals surface area contributed by atoms with E-state index in [4.69, 9.17) is 0 Å². The highest BCUT2D eigenvalue weighted by Gasteiger charge is 2.44. The lowest BCUT2D eigenvalue weighted by Crippen LogP contribution is -2.41. The number of urea groups is 1. The minimum Gasteiger partial charge on any atom is -0.271 e. The van der Waals surface area contributed by atoms with E-state index in [1.54, 1.807) is 0 Å². The fraction of sp³-hybridized carbons (Fsp3) is 0.235. The van der Waals surface area contributed by atoms with E-state index in [1.165, 1.54) is 34.7 Å². The van der Waals surface area contributed by atoms with E-state index in [1.807, 2.05) is 35.0 Å². The third-order valence-corrected chi connectivity index (χ3v) is 6.28. The number of hydrogen-bond acceptors (Lipinski definition) is 7. The van der Waals surface area contributed by atoms with Crippen LogP contribution >= 0.6 is 22.7 Å². The summed E-state index contributed by atoms with van der Waals surface area (Å²) in [6.07, 6.45) is 0.549. The molecule has 0 unspecified atom stereocenters. The fourth-order valence-corrected chi connectivity index (χ4v) is 4.53. The van der Waals surface area contributed by atoms with E-state index in [9.17, 15) is 19.2 Å². The molecule has 27 heavy (non-hydrogen) atoms. The number of thiophene rings is 2. The normalized spacial score (nSPS) is 20.0. The summed E-state index contributed by atoms with van der Waals surface area (Å²) in [7, 11) is 1.21. The minimum absolute atomic E-state index is 0.296. The molecule has 2 aliphatic rings. The molecule has 10 heteroatoms. The van der Waals surface area contributed by atoms with Crippen molar-refractivity contribution in [3.63, 3.8) is 0 Å². The molecular weight excluding hydrogens is 388 g/mol. The van der Waals surface area contributed by atoms with E-state index in [0.29, 0.717) is 16.2 Å². The van der Waals surface area contributed by atoms with Gasteiger partial charge in [-0.3, -0.25) is 19.3 Å². The van der Waals surface area contributed by atoms with Crippen LogP contribution in [0.5, 0.6) is 0 Å². The van der Waals surface area contributed by atoms with Gasteiger partial charge in [0.05, 0.1) is 16.6 Å². The molecule has 0 N–H and O–H groups in total. The molecule has 4 rings (SSSR count). The molecule has 138 valence electrons. The van der Waals surface area contributed by atoms with Gasteiger partial charge in [-0.25, -0.2) is 14.7 Å². The van der Waals surface area contributed by atoms with E-state index in [-0.39, 0.29) is 6.04 Å². The quantitative estimate of drug-likeness (QED) is 0.577. The maximum Gasteiger partial charge on any atom is 0.334 e. The smallest absolute Gasteiger partial charge is 0.271 e. The van der Waals surface area contributed by atoms with Crippen molar-refractivity contribution in [3.8, 4) is 0 Å². The summed E-state index contributed by atoms with van der Waals surface area (Å²) >= 11 is 3.04. The Labute approximate surface area is 162 Å². The monoisotopic (exact) mass is 402 g/mol. The topological polar surface area (TPSA) is 90.4 Å². The van der Waals surface area contributed by atoms with Crippen LogP contribution in [0.15, 0.2) is 40.1 Å². The zero-order chi connectivity index (χ0) is 19.1. The molecule has 8 nitrogen and oxygen atoms in total. The Hall–Kier alpha value is -2.85. The van der Waals surface area contributed by atoms with Crippen molar-refractivity contribution in [2.24, 2.45) is 5.10 Å². The van der Waals surface area contributed by atoms with Gasteiger partial charge in [0.25, 0.3) is 5.91 Å². The number of hydrogen-bond donors (Lipinski definition) is 0. The van der Waals surface area contributed by atoms with Crippen LogP contribution in [0.4, 0.5) is 4.79 Å². The summed E-state index contributed by atoms with van der Waals surface area (Å²) in [5.41, 5.74) is 0.781. The minimum atomic E-state index is -0.995. The van der Waals surface area contributed by atoms with Crippen molar-refractivity contribution in [2.45, 2.75) is 12.5 Å². The third-order valence-electron chi connectivity index (χ3n) is 4.39. The zero-order valence-corrected chi connectivity index (χ0v) is 15.8. The summed E-state index contributed by atoms with van der Waals surface area (Å²) in [6, 6.07) is 6.57. The molecule has 1 fully saturated rings. The van der Waals surface area contributed by atoms with E-state index in [0.717, 1.165) is 15.5 Å². The highest BCUT2D eigenvalue weighted by Crippen LogP contribution is 2.36. The number of imide groups is 2. The Morgan fingerprint density at radius 3 is 2.48 bits per heavy atom. The SMILES string of the molecule is CN1C(=O)C(=O)N(CC(=O)N2N=C(c3cccs3)C[C@@H]2c2cccs2)C1=O. The maximum absolute atomic E-state index is 12.9. The predicted molar refractivity (Wildman–Crippen MR) is 99.3 cm³/mol. The maximum atomic E-state index is 12.9. The molecule has 5 amide bonds. The van der Waals surface area contributed by atoms with Gasteiger partial charge < -0.3 is 0 Å². The number of likely N-dealkylation sites (N-methyl/N-ethyl adjacent to an activating group) is 1. The van der Waals surface area contributed by atoms with Gasteiger partial charge in [0.2, 0.25) is 0 Å². The van der Waals surface area contributed by atoms with Gasteiger partial charge in [-0.1, -0.05) is 12.1 Å². The first-order valence-corrected chi connectivity index (χ1v) is 9.83. The Morgan fingerprint density at radius 2 is 1.89 bits per heavy atom. The van der Waals surface area contributed by atoms with Crippen LogP contribution in [-0.2, 0) is 14.4 Å². The first-order valence-electron chi connectivity index (χ1n) is 8.07. The van der Waals surface area contributed by atoms with Crippen molar-refractivity contribution in [1.82, 2.24) is 14.8 Å². The van der Waals surface area contributed by atoms with Gasteiger partial charge in [-0.05, 0) is 22.9 Å². The number of carbonyl (C=O) groups is 4. The molecule has 1 saturated heterocycles. The van der Waals surface area contributed by atoms with Gasteiger partial charge in [0, 0.05) is 18.3 Å². The lowest BCUT2D eigenvalue weighted by atomic mass is 10.1. The molecule has 0 aliphatic carbocycles. The molecule has 0 saturated carbocycles. The zero-order valence-electron chi connectivity index (χ0n) is 14.2. The van der Waals surface area contributed by atoms with Gasteiger partial charge in [0.15, 0.2) is 0 Å². The van der Waals surface area contributed by atoms with Crippen molar-refractivity contribution >= 4 is 52.1 Å². The second-order valence-electron chi connectivity index (χ2n) is 6.04. The molecule has 0 bridgehead atoms. The van der Waals surface area contributed by atoms with Gasteiger partial charge in [-0.15, -0.1) is 22.7 Å². The summed E-state index contributed by atoms with van der Waals surface area (Å²) in [6.45, 7) is -0.517. The average Bonchev–Trinajstić information content (AvgIpc) is 3.43. The van der Waals surface area contributed by atoms with Gasteiger partial charge in [-0.2, -0.15) is 5.10 Å². The number of rotatable bonds is 4. The lowest BCUT2D eigenvalue weighted by molar-refractivity contribution is -0.144. The molecule has 2 aliphatic heterocycles. The molecule has 1 atom stereocenters. The fourth-order valence-electron chi connectivity index (χ4n) is 3.00. The van der Waals surface area contributed by atoms with Crippen LogP contribution in [0, 0.1) is 0 Å². The summed E-state index contributed by atoms with van der Waals surface area (Å²) in [5.74, 6) is -2.44. The Bertz CT molecular complexity index is 952. The Morgan fingerprint density at radius 1 is 1.15 bits per heavy atom. The second kappa shape index (κ2) is 6.71. The average molecular weight is 402 g/mol. The largest absolute Gasteiger partial charge is 0.334 e. The molecule has 2 aromatic heterocycles. The number of hydrazone groups is 1. The first-order chi connectivity index (χ1) is 13.0. The van der Waals surface area contributed by atoms with E-state index in [2.05, 4.69) is 5.10 Å². The molecule has 0 radical (unpaired) electrons. The van der Waals surface area contributed by atoms with Crippen LogP contribution in [0.3, 0.4) is 0 Å². The number of amides is 5. The highest BCUT2D eigenvalue weighted by atomic mass is 32.1. The van der Waals surface area contributed by atoms with Gasteiger partial charge in [0.1, 0.15) is 6.54 Å². The van der Waals surface area contributed by atoms with Crippen molar-refractivity contribution in [1.29, 1.82) is 0 Å². The molecule has 0 spiro atoms. The van der Waals surface area contributed by atoms with Crippen molar-refractivity contribution in [2.75, 3.05) is 13.6 Å². The number of nitrogens with zero attached hydrogens (tertiary/aromatic N) is 4. The first kappa shape index (κ1) is 17.6. The van der Waals surface area contributed by atoms with Crippen LogP contribution in [0.1, 0.15) is 22.2 Å². The predicted octanol–water partition coefficient (Wildman–Crippen LogP) is 1.91. The van der Waals surface area contributed by atoms with Crippen LogP contribution in [0.25, 0.3) is 0 Å².